The lowest BCUT2D eigenvalue weighted by Crippen LogP contribution is -2.49. The number of aliphatic hydroxyl groups is 1. The summed E-state index contributed by atoms with van der Waals surface area (Å²) in [6.45, 7) is 7.71. The van der Waals surface area contributed by atoms with Crippen molar-refractivity contribution in [2.75, 3.05) is 32.9 Å². The van der Waals surface area contributed by atoms with E-state index in [9.17, 15) is 0 Å². The molecule has 2 atom stereocenters. The van der Waals surface area contributed by atoms with Crippen LogP contribution in [0.3, 0.4) is 0 Å². The number of aliphatic hydroxyl groups excluding tert-OH is 1. The van der Waals surface area contributed by atoms with Crippen molar-refractivity contribution >= 4 is 0 Å². The second-order valence-electron chi connectivity index (χ2n) is 4.74. The molecule has 1 aliphatic rings. The van der Waals surface area contributed by atoms with Crippen molar-refractivity contribution in [1.82, 2.24) is 4.90 Å². The van der Waals surface area contributed by atoms with Gasteiger partial charge in [-0.05, 0) is 19.8 Å². The molecule has 0 saturated carbocycles. The maximum atomic E-state index is 9.08. The van der Waals surface area contributed by atoms with Crippen molar-refractivity contribution in [2.45, 2.75) is 38.3 Å². The molecule has 0 spiro atoms. The van der Waals surface area contributed by atoms with Gasteiger partial charge in [0.1, 0.15) is 0 Å². The quantitative estimate of drug-likeness (QED) is 0.689. The Kier molecular flexibility index (Phi) is 4.99. The van der Waals surface area contributed by atoms with E-state index in [1.165, 1.54) is 0 Å². The molecule has 0 radical (unpaired) electrons. The fourth-order valence-electron chi connectivity index (χ4n) is 1.84. The molecule has 0 bridgehead atoms. The second kappa shape index (κ2) is 5.80. The van der Waals surface area contributed by atoms with E-state index in [1.54, 1.807) is 0 Å². The minimum absolute atomic E-state index is 0.0497. The number of morpholine rings is 1. The van der Waals surface area contributed by atoms with Gasteiger partial charge in [0.2, 0.25) is 0 Å². The zero-order valence-electron chi connectivity index (χ0n) is 9.91. The van der Waals surface area contributed by atoms with Gasteiger partial charge in [-0.3, -0.25) is 4.90 Å². The van der Waals surface area contributed by atoms with Gasteiger partial charge in [-0.1, -0.05) is 6.92 Å². The Hall–Kier alpha value is -0.160. The number of hydrogen-bond donors (Lipinski definition) is 2. The number of rotatable bonds is 5. The molecule has 1 fully saturated rings. The normalized spacial score (nSPS) is 27.6. The molecule has 90 valence electrons. The molecule has 4 nitrogen and oxygen atoms in total. The monoisotopic (exact) mass is 216 g/mol. The molecular weight excluding hydrogens is 192 g/mol. The van der Waals surface area contributed by atoms with Crippen molar-refractivity contribution in [3.05, 3.63) is 0 Å². The lowest BCUT2D eigenvalue weighted by molar-refractivity contribution is -0.0123. The lowest BCUT2D eigenvalue weighted by atomic mass is 9.99. The van der Waals surface area contributed by atoms with Crippen molar-refractivity contribution in [3.8, 4) is 0 Å². The fourth-order valence-corrected chi connectivity index (χ4v) is 1.84. The third-order valence-corrected chi connectivity index (χ3v) is 3.15. The maximum Gasteiger partial charge on any atom is 0.0622 e. The van der Waals surface area contributed by atoms with Crippen LogP contribution in [0, 0.1) is 0 Å². The maximum absolute atomic E-state index is 9.08. The van der Waals surface area contributed by atoms with E-state index in [1.807, 2.05) is 6.92 Å². The highest BCUT2D eigenvalue weighted by atomic mass is 16.5. The number of ether oxygens (including phenoxy) is 1. The van der Waals surface area contributed by atoms with Crippen LogP contribution in [-0.4, -0.2) is 54.5 Å². The van der Waals surface area contributed by atoms with Crippen LogP contribution >= 0.6 is 0 Å². The van der Waals surface area contributed by atoms with Crippen LogP contribution in [0.4, 0.5) is 0 Å². The summed E-state index contributed by atoms with van der Waals surface area (Å²) >= 11 is 0. The average Bonchev–Trinajstić information content (AvgIpc) is 2.27. The van der Waals surface area contributed by atoms with E-state index in [4.69, 9.17) is 15.6 Å². The molecule has 2 unspecified atom stereocenters. The molecule has 0 amide bonds. The molecule has 1 heterocycles. The molecular formula is C11H24N2O2. The minimum atomic E-state index is -0.448. The summed E-state index contributed by atoms with van der Waals surface area (Å²) in [6, 6.07) is 0.522. The van der Waals surface area contributed by atoms with Crippen molar-refractivity contribution in [1.29, 1.82) is 0 Å². The van der Waals surface area contributed by atoms with Crippen LogP contribution in [0.5, 0.6) is 0 Å². The Morgan fingerprint density at radius 2 is 2.33 bits per heavy atom. The van der Waals surface area contributed by atoms with Crippen molar-refractivity contribution in [2.24, 2.45) is 5.73 Å². The SMILES string of the molecule is CCC1COCCN1CCC(C)(N)CO. The Morgan fingerprint density at radius 1 is 1.60 bits per heavy atom. The summed E-state index contributed by atoms with van der Waals surface area (Å²) in [5.41, 5.74) is 5.46. The smallest absolute Gasteiger partial charge is 0.0622 e. The van der Waals surface area contributed by atoms with Crippen molar-refractivity contribution in [3.63, 3.8) is 0 Å². The van der Waals surface area contributed by atoms with Gasteiger partial charge in [0.25, 0.3) is 0 Å². The van der Waals surface area contributed by atoms with E-state index >= 15 is 0 Å². The molecule has 1 aliphatic heterocycles. The highest BCUT2D eigenvalue weighted by molar-refractivity contribution is 4.81. The van der Waals surface area contributed by atoms with Gasteiger partial charge in [0.05, 0.1) is 19.8 Å². The molecule has 3 N–H and O–H groups in total. The molecule has 1 rings (SSSR count). The van der Waals surface area contributed by atoms with E-state index in [0.717, 1.165) is 39.1 Å². The summed E-state index contributed by atoms with van der Waals surface area (Å²) in [5, 5.41) is 9.08. The van der Waals surface area contributed by atoms with Gasteiger partial charge in [-0.25, -0.2) is 0 Å². The molecule has 0 aromatic carbocycles. The topological polar surface area (TPSA) is 58.7 Å². The fraction of sp³-hybridized carbons (Fsp3) is 1.00. The van der Waals surface area contributed by atoms with Crippen LogP contribution < -0.4 is 5.73 Å². The molecule has 0 aliphatic carbocycles. The predicted octanol–water partition coefficient (Wildman–Crippen LogP) is 0.197. The minimum Gasteiger partial charge on any atom is -0.394 e. The summed E-state index contributed by atoms with van der Waals surface area (Å²) in [5.74, 6) is 0. The van der Waals surface area contributed by atoms with Crippen LogP contribution in [-0.2, 0) is 4.74 Å². The van der Waals surface area contributed by atoms with Gasteiger partial charge >= 0.3 is 0 Å². The first-order chi connectivity index (χ1) is 7.09. The van der Waals surface area contributed by atoms with Gasteiger partial charge in [-0.2, -0.15) is 0 Å². The van der Waals surface area contributed by atoms with E-state index in [2.05, 4.69) is 11.8 Å². The molecule has 1 saturated heterocycles. The number of nitrogens with two attached hydrogens (primary N) is 1. The Labute approximate surface area is 92.4 Å². The summed E-state index contributed by atoms with van der Waals surface area (Å²) in [4.78, 5) is 2.42. The van der Waals surface area contributed by atoms with Gasteiger partial charge in [0, 0.05) is 24.7 Å². The van der Waals surface area contributed by atoms with Crippen LogP contribution in [0.25, 0.3) is 0 Å². The van der Waals surface area contributed by atoms with Gasteiger partial charge in [-0.15, -0.1) is 0 Å². The van der Waals surface area contributed by atoms with E-state index in [0.29, 0.717) is 6.04 Å². The Balaban J connectivity index is 2.35. The van der Waals surface area contributed by atoms with Crippen LogP contribution in [0.15, 0.2) is 0 Å². The van der Waals surface area contributed by atoms with Crippen LogP contribution in [0.2, 0.25) is 0 Å². The zero-order chi connectivity index (χ0) is 11.3. The summed E-state index contributed by atoms with van der Waals surface area (Å²) in [6.07, 6.45) is 1.94. The zero-order valence-corrected chi connectivity index (χ0v) is 9.91. The molecule has 4 heteroatoms. The first kappa shape index (κ1) is 12.9. The Morgan fingerprint density at radius 3 is 2.93 bits per heavy atom. The number of nitrogens with zero attached hydrogens (tertiary/aromatic N) is 1. The van der Waals surface area contributed by atoms with E-state index < -0.39 is 5.54 Å². The Bertz CT molecular complexity index is 185. The number of hydrogen-bond acceptors (Lipinski definition) is 4. The lowest BCUT2D eigenvalue weighted by Gasteiger charge is -2.36. The van der Waals surface area contributed by atoms with Gasteiger partial charge < -0.3 is 15.6 Å². The second-order valence-corrected chi connectivity index (χ2v) is 4.74. The van der Waals surface area contributed by atoms with Gasteiger partial charge in [0.15, 0.2) is 0 Å². The standard InChI is InChI=1S/C11H24N2O2/c1-3-10-8-15-7-6-13(10)5-4-11(2,12)9-14/h10,14H,3-9,12H2,1-2H3. The third kappa shape index (κ3) is 4.07. The van der Waals surface area contributed by atoms with E-state index in [-0.39, 0.29) is 6.61 Å². The first-order valence-electron chi connectivity index (χ1n) is 5.80. The molecule has 15 heavy (non-hydrogen) atoms. The molecule has 0 aromatic heterocycles. The highest BCUT2D eigenvalue weighted by Crippen LogP contribution is 2.13. The summed E-state index contributed by atoms with van der Waals surface area (Å²) in [7, 11) is 0. The summed E-state index contributed by atoms with van der Waals surface area (Å²) < 4.78 is 5.44. The highest BCUT2D eigenvalue weighted by Gasteiger charge is 2.24. The largest absolute Gasteiger partial charge is 0.394 e. The third-order valence-electron chi connectivity index (χ3n) is 3.15. The van der Waals surface area contributed by atoms with Crippen LogP contribution in [0.1, 0.15) is 26.7 Å². The first-order valence-corrected chi connectivity index (χ1v) is 5.80. The predicted molar refractivity (Wildman–Crippen MR) is 60.8 cm³/mol. The molecule has 0 aromatic rings. The average molecular weight is 216 g/mol. The van der Waals surface area contributed by atoms with Crippen molar-refractivity contribution < 1.29 is 9.84 Å².